The molecule has 0 amide bonds. The molecule has 3 nitrogen and oxygen atoms in total. The second kappa shape index (κ2) is 3.46. The molecule has 1 aromatic heterocycles. The molecule has 1 heterocycles. The molecule has 1 aromatic carbocycles. The van der Waals surface area contributed by atoms with Crippen molar-refractivity contribution in [2.24, 2.45) is 0 Å². The van der Waals surface area contributed by atoms with Crippen molar-refractivity contribution in [1.29, 1.82) is 0 Å². The first-order valence-corrected chi connectivity index (χ1v) is 5.25. The van der Waals surface area contributed by atoms with Crippen molar-refractivity contribution in [3.05, 3.63) is 18.2 Å². The molecule has 0 aliphatic carbocycles. The maximum Gasteiger partial charge on any atom is 0.233 e. The highest BCUT2D eigenvalue weighted by Gasteiger charge is 2.08. The van der Waals surface area contributed by atoms with Crippen LogP contribution >= 0.6 is 11.5 Å². The smallest absolute Gasteiger partial charge is 0.233 e. The summed E-state index contributed by atoms with van der Waals surface area (Å²) >= 11 is 1.43. The van der Waals surface area contributed by atoms with Crippen LogP contribution in [0.25, 0.3) is 10.1 Å². The third-order valence-corrected chi connectivity index (χ3v) is 2.62. The molecule has 4 heteroatoms. The van der Waals surface area contributed by atoms with Gasteiger partial charge in [0.1, 0.15) is 0 Å². The Kier molecular flexibility index (Phi) is 2.29. The zero-order chi connectivity index (χ0) is 10.1. The van der Waals surface area contributed by atoms with E-state index in [-0.39, 0.29) is 6.10 Å². The Morgan fingerprint density at radius 1 is 1.43 bits per heavy atom. The quantitative estimate of drug-likeness (QED) is 0.772. The maximum absolute atomic E-state index is 5.70. The van der Waals surface area contributed by atoms with Gasteiger partial charge in [0.2, 0.25) is 5.88 Å². The van der Waals surface area contributed by atoms with E-state index < -0.39 is 0 Å². The molecule has 74 valence electrons. The predicted octanol–water partition coefficient (Wildman–Crippen LogP) is 2.67. The number of nitrogen functional groups attached to an aromatic ring is 1. The average molecular weight is 208 g/mol. The van der Waals surface area contributed by atoms with Crippen LogP contribution in [0, 0.1) is 0 Å². The van der Waals surface area contributed by atoms with Crippen LogP contribution in [-0.4, -0.2) is 10.5 Å². The van der Waals surface area contributed by atoms with E-state index in [0.29, 0.717) is 5.88 Å². The number of anilines is 1. The Hall–Kier alpha value is -1.29. The summed E-state index contributed by atoms with van der Waals surface area (Å²) in [4.78, 5) is 0. The fourth-order valence-electron chi connectivity index (χ4n) is 1.24. The lowest BCUT2D eigenvalue weighted by Crippen LogP contribution is -2.05. The molecule has 0 aliphatic heterocycles. The average Bonchev–Trinajstić information content (AvgIpc) is 2.47. The van der Waals surface area contributed by atoms with Crippen LogP contribution in [-0.2, 0) is 0 Å². The van der Waals surface area contributed by atoms with Crippen molar-refractivity contribution in [2.75, 3.05) is 5.73 Å². The number of hydrogen-bond acceptors (Lipinski definition) is 4. The normalized spacial score (nSPS) is 11.1. The Morgan fingerprint density at radius 3 is 2.93 bits per heavy atom. The van der Waals surface area contributed by atoms with E-state index in [1.807, 2.05) is 32.0 Å². The molecule has 2 N–H and O–H groups in total. The van der Waals surface area contributed by atoms with Gasteiger partial charge in [-0.2, -0.15) is 4.37 Å². The second-order valence-electron chi connectivity index (χ2n) is 3.41. The van der Waals surface area contributed by atoms with Crippen molar-refractivity contribution in [3.8, 4) is 5.88 Å². The van der Waals surface area contributed by atoms with Crippen LogP contribution in [0.1, 0.15) is 13.8 Å². The van der Waals surface area contributed by atoms with E-state index in [2.05, 4.69) is 4.37 Å². The number of rotatable bonds is 2. The Balaban J connectivity index is 2.50. The molecule has 14 heavy (non-hydrogen) atoms. The summed E-state index contributed by atoms with van der Waals surface area (Å²) in [6.45, 7) is 3.97. The summed E-state index contributed by atoms with van der Waals surface area (Å²) in [7, 11) is 0. The maximum atomic E-state index is 5.70. The van der Waals surface area contributed by atoms with Gasteiger partial charge in [-0.15, -0.1) is 0 Å². The fourth-order valence-corrected chi connectivity index (χ4v) is 1.94. The third kappa shape index (κ3) is 1.65. The first-order valence-electron chi connectivity index (χ1n) is 4.48. The first kappa shape index (κ1) is 9.27. The van der Waals surface area contributed by atoms with E-state index >= 15 is 0 Å². The van der Waals surface area contributed by atoms with Gasteiger partial charge in [-0.25, -0.2) is 0 Å². The largest absolute Gasteiger partial charge is 0.474 e. The van der Waals surface area contributed by atoms with Gasteiger partial charge in [-0.3, -0.25) is 0 Å². The lowest BCUT2D eigenvalue weighted by Gasteiger charge is -2.06. The molecule has 0 radical (unpaired) electrons. The standard InChI is InChI=1S/C10H12N2OS/c1-6(2)13-10-8-5-7(11)3-4-9(8)14-12-10/h3-6H,11H2,1-2H3. The highest BCUT2D eigenvalue weighted by Crippen LogP contribution is 2.30. The number of hydrogen-bond donors (Lipinski definition) is 1. The number of ether oxygens (including phenoxy) is 1. The third-order valence-electron chi connectivity index (χ3n) is 1.81. The highest BCUT2D eigenvalue weighted by atomic mass is 32.1. The van der Waals surface area contributed by atoms with Crippen molar-refractivity contribution >= 4 is 27.3 Å². The molecule has 0 saturated heterocycles. The molecule has 0 spiro atoms. The monoisotopic (exact) mass is 208 g/mol. The molecule has 2 aromatic rings. The van der Waals surface area contributed by atoms with Crippen LogP contribution < -0.4 is 10.5 Å². The van der Waals surface area contributed by atoms with Crippen LogP contribution in [0.2, 0.25) is 0 Å². The topological polar surface area (TPSA) is 48.1 Å². The highest BCUT2D eigenvalue weighted by molar-refractivity contribution is 7.13. The summed E-state index contributed by atoms with van der Waals surface area (Å²) < 4.78 is 10.9. The molecule has 0 aliphatic rings. The molecule has 0 unspecified atom stereocenters. The Morgan fingerprint density at radius 2 is 2.21 bits per heavy atom. The van der Waals surface area contributed by atoms with E-state index in [9.17, 15) is 0 Å². The second-order valence-corrected chi connectivity index (χ2v) is 4.21. The van der Waals surface area contributed by atoms with Crippen molar-refractivity contribution in [2.45, 2.75) is 20.0 Å². The summed E-state index contributed by atoms with van der Waals surface area (Å²) in [5.41, 5.74) is 6.45. The predicted molar refractivity (Wildman–Crippen MR) is 59.8 cm³/mol. The molecular formula is C10H12N2OS. The molecule has 0 atom stereocenters. The van der Waals surface area contributed by atoms with Crippen molar-refractivity contribution in [3.63, 3.8) is 0 Å². The summed E-state index contributed by atoms with van der Waals surface area (Å²) in [5.74, 6) is 0.687. The van der Waals surface area contributed by atoms with E-state index in [4.69, 9.17) is 10.5 Å². The van der Waals surface area contributed by atoms with E-state index in [0.717, 1.165) is 15.8 Å². The Labute approximate surface area is 86.7 Å². The number of nitrogens with zero attached hydrogens (tertiary/aromatic N) is 1. The van der Waals surface area contributed by atoms with Gasteiger partial charge in [0, 0.05) is 5.69 Å². The first-order chi connectivity index (χ1) is 6.66. The van der Waals surface area contributed by atoms with Gasteiger partial charge in [0.15, 0.2) is 0 Å². The van der Waals surface area contributed by atoms with Crippen molar-refractivity contribution in [1.82, 2.24) is 4.37 Å². The van der Waals surface area contributed by atoms with Gasteiger partial charge in [0.05, 0.1) is 16.2 Å². The molecular weight excluding hydrogens is 196 g/mol. The number of benzene rings is 1. The summed E-state index contributed by atoms with van der Waals surface area (Å²) in [6, 6.07) is 5.74. The molecule has 0 bridgehead atoms. The van der Waals surface area contributed by atoms with Crippen molar-refractivity contribution < 1.29 is 4.74 Å². The fraction of sp³-hybridized carbons (Fsp3) is 0.300. The minimum atomic E-state index is 0.140. The molecule has 2 rings (SSSR count). The molecule has 0 saturated carbocycles. The minimum absolute atomic E-state index is 0.140. The van der Waals surface area contributed by atoms with Gasteiger partial charge in [-0.05, 0) is 43.6 Å². The molecule has 0 fully saturated rings. The van der Waals surface area contributed by atoms with E-state index in [1.54, 1.807) is 0 Å². The number of aromatic nitrogens is 1. The van der Waals surface area contributed by atoms with Gasteiger partial charge in [0.25, 0.3) is 0 Å². The number of fused-ring (bicyclic) bond motifs is 1. The zero-order valence-electron chi connectivity index (χ0n) is 8.15. The van der Waals surface area contributed by atoms with Gasteiger partial charge < -0.3 is 10.5 Å². The zero-order valence-corrected chi connectivity index (χ0v) is 8.97. The van der Waals surface area contributed by atoms with Crippen LogP contribution in [0.15, 0.2) is 18.2 Å². The minimum Gasteiger partial charge on any atom is -0.474 e. The summed E-state index contributed by atoms with van der Waals surface area (Å²) in [5, 5.41) is 1.00. The van der Waals surface area contributed by atoms with E-state index in [1.165, 1.54) is 11.5 Å². The van der Waals surface area contributed by atoms with Gasteiger partial charge in [-0.1, -0.05) is 0 Å². The number of nitrogens with two attached hydrogens (primary N) is 1. The van der Waals surface area contributed by atoms with Crippen LogP contribution in [0.5, 0.6) is 5.88 Å². The Bertz CT molecular complexity index is 450. The SMILES string of the molecule is CC(C)Oc1nsc2ccc(N)cc12. The van der Waals surface area contributed by atoms with Gasteiger partial charge >= 0.3 is 0 Å². The van der Waals surface area contributed by atoms with Crippen LogP contribution in [0.4, 0.5) is 5.69 Å². The van der Waals surface area contributed by atoms with Crippen LogP contribution in [0.3, 0.4) is 0 Å². The lowest BCUT2D eigenvalue weighted by molar-refractivity contribution is 0.238. The summed E-state index contributed by atoms with van der Waals surface area (Å²) in [6.07, 6.45) is 0.140. The lowest BCUT2D eigenvalue weighted by atomic mass is 10.2.